The number of para-hydroxylation sites is 1. The van der Waals surface area contributed by atoms with Crippen LogP contribution in [0.4, 0.5) is 0 Å². The minimum atomic E-state index is -0.793. The highest BCUT2D eigenvalue weighted by atomic mass is 16.5. The highest BCUT2D eigenvalue weighted by Gasteiger charge is 2.51. The van der Waals surface area contributed by atoms with Gasteiger partial charge < -0.3 is 9.84 Å². The molecule has 1 saturated carbocycles. The number of rotatable bonds is 5. The van der Waals surface area contributed by atoms with Crippen molar-refractivity contribution in [1.29, 1.82) is 0 Å². The van der Waals surface area contributed by atoms with Gasteiger partial charge in [0.1, 0.15) is 5.75 Å². The second-order valence-corrected chi connectivity index (χ2v) is 4.95. The van der Waals surface area contributed by atoms with Crippen LogP contribution in [0.25, 0.3) is 11.4 Å². The molecule has 0 atom stereocenters. The Morgan fingerprint density at radius 3 is 2.85 bits per heavy atom. The summed E-state index contributed by atoms with van der Waals surface area (Å²) >= 11 is 0. The third-order valence-electron chi connectivity index (χ3n) is 3.64. The molecular formula is C13H14N4O3. The highest BCUT2D eigenvalue weighted by Crippen LogP contribution is 2.47. The molecular weight excluding hydrogens is 260 g/mol. The van der Waals surface area contributed by atoms with E-state index in [1.807, 2.05) is 24.3 Å². The Kier molecular flexibility index (Phi) is 2.89. The molecule has 1 fully saturated rings. The van der Waals surface area contributed by atoms with Gasteiger partial charge in [-0.3, -0.25) is 4.79 Å². The number of nitrogens with zero attached hydrogens (tertiary/aromatic N) is 4. The van der Waals surface area contributed by atoms with Gasteiger partial charge >= 0.3 is 5.97 Å². The predicted octanol–water partition coefficient (Wildman–Crippen LogP) is 1.21. The van der Waals surface area contributed by atoms with Crippen LogP contribution in [0.15, 0.2) is 24.3 Å². The van der Waals surface area contributed by atoms with E-state index in [-0.39, 0.29) is 6.54 Å². The maximum atomic E-state index is 11.3. The summed E-state index contributed by atoms with van der Waals surface area (Å²) < 4.78 is 6.83. The van der Waals surface area contributed by atoms with Crippen LogP contribution in [0.5, 0.6) is 5.75 Å². The number of carbonyl (C=O) groups is 1. The lowest BCUT2D eigenvalue weighted by Crippen LogP contribution is -2.22. The van der Waals surface area contributed by atoms with E-state index in [4.69, 9.17) is 4.74 Å². The summed E-state index contributed by atoms with van der Waals surface area (Å²) in [7, 11) is 1.58. The quantitative estimate of drug-likeness (QED) is 0.881. The predicted molar refractivity (Wildman–Crippen MR) is 69.1 cm³/mol. The standard InChI is InChI=1S/C13H14N4O3/c1-20-10-5-3-2-4-9(10)11-14-15-16-17(11)8-13(6-7-13)12(18)19/h2-5H,6-8H2,1H3,(H,18,19). The molecule has 104 valence electrons. The molecule has 1 aliphatic carbocycles. The van der Waals surface area contributed by atoms with Crippen molar-refractivity contribution in [3.63, 3.8) is 0 Å². The monoisotopic (exact) mass is 274 g/mol. The lowest BCUT2D eigenvalue weighted by molar-refractivity contribution is -0.144. The van der Waals surface area contributed by atoms with Crippen LogP contribution in [0.1, 0.15) is 12.8 Å². The van der Waals surface area contributed by atoms with Crippen LogP contribution in [-0.4, -0.2) is 38.4 Å². The first-order valence-electron chi connectivity index (χ1n) is 6.29. The van der Waals surface area contributed by atoms with Crippen molar-refractivity contribution >= 4 is 5.97 Å². The molecule has 7 heteroatoms. The van der Waals surface area contributed by atoms with Crippen molar-refractivity contribution in [3.05, 3.63) is 24.3 Å². The van der Waals surface area contributed by atoms with E-state index in [1.165, 1.54) is 0 Å². The summed E-state index contributed by atoms with van der Waals surface area (Å²) in [5, 5.41) is 20.8. The van der Waals surface area contributed by atoms with E-state index in [0.717, 1.165) is 5.56 Å². The molecule has 0 saturated heterocycles. The van der Waals surface area contributed by atoms with Crippen molar-refractivity contribution in [2.24, 2.45) is 5.41 Å². The van der Waals surface area contributed by atoms with Crippen LogP contribution in [0.2, 0.25) is 0 Å². The summed E-state index contributed by atoms with van der Waals surface area (Å²) in [6.45, 7) is 0.280. The van der Waals surface area contributed by atoms with Gasteiger partial charge in [-0.25, -0.2) is 4.68 Å². The molecule has 1 aromatic carbocycles. The molecule has 7 nitrogen and oxygen atoms in total. The van der Waals surface area contributed by atoms with Crippen LogP contribution in [0.3, 0.4) is 0 Å². The van der Waals surface area contributed by atoms with E-state index >= 15 is 0 Å². The average molecular weight is 274 g/mol. The van der Waals surface area contributed by atoms with Crippen molar-refractivity contribution < 1.29 is 14.6 Å². The number of tetrazole rings is 1. The molecule has 1 aromatic heterocycles. The third-order valence-corrected chi connectivity index (χ3v) is 3.64. The first-order valence-corrected chi connectivity index (χ1v) is 6.29. The fraction of sp³-hybridized carbons (Fsp3) is 0.385. The van der Waals surface area contributed by atoms with Crippen LogP contribution >= 0.6 is 0 Å². The van der Waals surface area contributed by atoms with Crippen molar-refractivity contribution in [2.45, 2.75) is 19.4 Å². The third kappa shape index (κ3) is 2.01. The lowest BCUT2D eigenvalue weighted by Gasteiger charge is -2.12. The van der Waals surface area contributed by atoms with Gasteiger partial charge in [0.05, 0.1) is 24.6 Å². The lowest BCUT2D eigenvalue weighted by atomic mass is 10.1. The molecule has 2 aromatic rings. The minimum absolute atomic E-state index is 0.280. The molecule has 20 heavy (non-hydrogen) atoms. The fourth-order valence-corrected chi connectivity index (χ4v) is 2.21. The number of methoxy groups -OCH3 is 1. The van der Waals surface area contributed by atoms with Gasteiger partial charge in [-0.2, -0.15) is 0 Å². The Balaban J connectivity index is 1.96. The number of carboxylic acids is 1. The topological polar surface area (TPSA) is 90.1 Å². The molecule has 0 radical (unpaired) electrons. The average Bonchev–Trinajstić information content (AvgIpc) is 3.10. The Bertz CT molecular complexity index is 649. The zero-order chi connectivity index (χ0) is 14.2. The largest absolute Gasteiger partial charge is 0.496 e. The van der Waals surface area contributed by atoms with E-state index in [9.17, 15) is 9.90 Å². The molecule has 1 aliphatic rings. The molecule has 1 heterocycles. The van der Waals surface area contributed by atoms with Crippen LogP contribution in [0, 0.1) is 5.41 Å². The SMILES string of the molecule is COc1ccccc1-c1nnnn1CC1(C(=O)O)CC1. The summed E-state index contributed by atoms with van der Waals surface area (Å²) in [4.78, 5) is 11.3. The molecule has 1 N–H and O–H groups in total. The summed E-state index contributed by atoms with van der Waals surface area (Å²) in [6, 6.07) is 7.39. The number of hydrogen-bond acceptors (Lipinski definition) is 5. The fourth-order valence-electron chi connectivity index (χ4n) is 2.21. The Morgan fingerprint density at radius 1 is 1.45 bits per heavy atom. The number of benzene rings is 1. The zero-order valence-electron chi connectivity index (χ0n) is 11.0. The first kappa shape index (κ1) is 12.6. The van der Waals surface area contributed by atoms with Gasteiger partial charge in [-0.15, -0.1) is 5.10 Å². The maximum Gasteiger partial charge on any atom is 0.311 e. The van der Waals surface area contributed by atoms with Crippen molar-refractivity contribution in [3.8, 4) is 17.1 Å². The molecule has 0 spiro atoms. The second-order valence-electron chi connectivity index (χ2n) is 4.95. The number of carboxylic acid groups (broad SMARTS) is 1. The first-order chi connectivity index (χ1) is 9.66. The van der Waals surface area contributed by atoms with Gasteiger partial charge in [-0.05, 0) is 35.4 Å². The summed E-state index contributed by atoms with van der Waals surface area (Å²) in [6.07, 6.45) is 1.32. The van der Waals surface area contributed by atoms with Crippen molar-refractivity contribution in [1.82, 2.24) is 20.2 Å². The summed E-state index contributed by atoms with van der Waals surface area (Å²) in [5.41, 5.74) is 0.0350. The normalized spacial score (nSPS) is 15.8. The van der Waals surface area contributed by atoms with Crippen molar-refractivity contribution in [2.75, 3.05) is 7.11 Å². The van der Waals surface area contributed by atoms with E-state index in [0.29, 0.717) is 24.4 Å². The van der Waals surface area contributed by atoms with E-state index in [1.54, 1.807) is 11.8 Å². The molecule has 3 rings (SSSR count). The Hall–Kier alpha value is -2.44. The van der Waals surface area contributed by atoms with Gasteiger partial charge in [0.25, 0.3) is 0 Å². The number of aliphatic carboxylic acids is 1. The molecule has 0 unspecified atom stereocenters. The van der Waals surface area contributed by atoms with E-state index in [2.05, 4.69) is 15.5 Å². The van der Waals surface area contributed by atoms with Gasteiger partial charge in [0.2, 0.25) is 0 Å². The molecule has 0 bridgehead atoms. The minimum Gasteiger partial charge on any atom is -0.496 e. The van der Waals surface area contributed by atoms with Crippen LogP contribution in [-0.2, 0) is 11.3 Å². The number of ether oxygens (including phenoxy) is 1. The zero-order valence-corrected chi connectivity index (χ0v) is 11.0. The van der Waals surface area contributed by atoms with E-state index < -0.39 is 11.4 Å². The number of hydrogen-bond donors (Lipinski definition) is 1. The number of aromatic nitrogens is 4. The highest BCUT2D eigenvalue weighted by molar-refractivity contribution is 5.77. The van der Waals surface area contributed by atoms with Crippen LogP contribution < -0.4 is 4.74 Å². The van der Waals surface area contributed by atoms with Gasteiger partial charge in [0.15, 0.2) is 5.82 Å². The molecule has 0 amide bonds. The Labute approximate surface area is 115 Å². The maximum absolute atomic E-state index is 11.3. The van der Waals surface area contributed by atoms with Gasteiger partial charge in [0, 0.05) is 0 Å². The molecule has 0 aliphatic heterocycles. The Morgan fingerprint density at radius 2 is 2.20 bits per heavy atom. The smallest absolute Gasteiger partial charge is 0.311 e. The second kappa shape index (κ2) is 4.59. The summed E-state index contributed by atoms with van der Waals surface area (Å²) in [5.74, 6) is 0.387. The van der Waals surface area contributed by atoms with Gasteiger partial charge in [-0.1, -0.05) is 12.1 Å².